The van der Waals surface area contributed by atoms with Gasteiger partial charge in [0.1, 0.15) is 5.82 Å². The standard InChI is InChI=1S/C18H23FN4OS2/c1-12-7-13(2)10-23(9-12)16(24)11-25-18-22-21-17(26-18)20-8-14-3-5-15(19)6-4-14/h3-6,12-13H,7-11H2,1-2H3,(H,20,21). The highest BCUT2D eigenvalue weighted by Gasteiger charge is 2.25. The fourth-order valence-electron chi connectivity index (χ4n) is 3.20. The number of hydrogen-bond donors (Lipinski definition) is 1. The summed E-state index contributed by atoms with van der Waals surface area (Å²) in [6, 6.07) is 6.34. The lowest BCUT2D eigenvalue weighted by atomic mass is 9.92. The lowest BCUT2D eigenvalue weighted by Gasteiger charge is -2.34. The Kier molecular flexibility index (Phi) is 6.48. The zero-order chi connectivity index (χ0) is 18.5. The summed E-state index contributed by atoms with van der Waals surface area (Å²) in [7, 11) is 0. The molecule has 1 N–H and O–H groups in total. The highest BCUT2D eigenvalue weighted by atomic mass is 32.2. The van der Waals surface area contributed by atoms with Gasteiger partial charge >= 0.3 is 0 Å². The van der Waals surface area contributed by atoms with Crippen LogP contribution in [0.3, 0.4) is 0 Å². The van der Waals surface area contributed by atoms with Gasteiger partial charge in [-0.25, -0.2) is 4.39 Å². The van der Waals surface area contributed by atoms with Crippen molar-refractivity contribution in [3.8, 4) is 0 Å². The largest absolute Gasteiger partial charge is 0.356 e. The molecule has 2 atom stereocenters. The van der Waals surface area contributed by atoms with Crippen LogP contribution in [0.2, 0.25) is 0 Å². The van der Waals surface area contributed by atoms with E-state index in [0.29, 0.717) is 29.3 Å². The molecule has 2 heterocycles. The molecular weight excluding hydrogens is 371 g/mol. The van der Waals surface area contributed by atoms with E-state index in [1.807, 2.05) is 4.90 Å². The summed E-state index contributed by atoms with van der Waals surface area (Å²) in [5.74, 6) is 1.45. The summed E-state index contributed by atoms with van der Waals surface area (Å²) >= 11 is 2.86. The molecule has 0 spiro atoms. The molecule has 0 radical (unpaired) electrons. The van der Waals surface area contributed by atoms with E-state index in [0.717, 1.165) is 23.0 Å². The molecule has 1 aromatic heterocycles. The van der Waals surface area contributed by atoms with Crippen LogP contribution in [0.1, 0.15) is 25.8 Å². The number of nitrogens with one attached hydrogen (secondary N) is 1. The smallest absolute Gasteiger partial charge is 0.233 e. The predicted octanol–water partition coefficient (Wildman–Crippen LogP) is 3.89. The Hall–Kier alpha value is -1.67. The van der Waals surface area contributed by atoms with Gasteiger partial charge in [-0.05, 0) is 36.0 Å². The van der Waals surface area contributed by atoms with Gasteiger partial charge in [0, 0.05) is 19.6 Å². The van der Waals surface area contributed by atoms with Crippen molar-refractivity contribution in [2.45, 2.75) is 31.2 Å². The van der Waals surface area contributed by atoms with Crippen LogP contribution in [0.4, 0.5) is 9.52 Å². The Bertz CT molecular complexity index is 727. The van der Waals surface area contributed by atoms with Gasteiger partial charge < -0.3 is 10.2 Å². The van der Waals surface area contributed by atoms with Crippen LogP contribution in [0.25, 0.3) is 0 Å². The summed E-state index contributed by atoms with van der Waals surface area (Å²) in [5.41, 5.74) is 0.972. The number of likely N-dealkylation sites (tertiary alicyclic amines) is 1. The number of hydrogen-bond acceptors (Lipinski definition) is 6. The number of thioether (sulfide) groups is 1. The van der Waals surface area contributed by atoms with E-state index in [2.05, 4.69) is 29.4 Å². The molecule has 5 nitrogen and oxygen atoms in total. The van der Waals surface area contributed by atoms with Crippen LogP contribution in [0, 0.1) is 17.7 Å². The first kappa shape index (κ1) is 19.1. The van der Waals surface area contributed by atoms with Gasteiger partial charge in [0.2, 0.25) is 11.0 Å². The Morgan fingerprint density at radius 2 is 1.96 bits per heavy atom. The molecule has 2 unspecified atom stereocenters. The first-order valence-corrected chi connectivity index (χ1v) is 10.5. The minimum Gasteiger partial charge on any atom is -0.356 e. The second-order valence-corrected chi connectivity index (χ2v) is 9.09. The zero-order valence-corrected chi connectivity index (χ0v) is 16.6. The highest BCUT2D eigenvalue weighted by molar-refractivity contribution is 8.01. The van der Waals surface area contributed by atoms with Gasteiger partial charge in [0.05, 0.1) is 5.75 Å². The maximum absolute atomic E-state index is 12.9. The number of carbonyl (C=O) groups is 1. The molecule has 1 aliphatic heterocycles. The number of carbonyl (C=O) groups excluding carboxylic acids is 1. The Labute approximate surface area is 161 Å². The zero-order valence-electron chi connectivity index (χ0n) is 14.9. The average Bonchev–Trinajstić information content (AvgIpc) is 3.06. The Morgan fingerprint density at radius 3 is 2.65 bits per heavy atom. The molecule has 0 saturated carbocycles. The summed E-state index contributed by atoms with van der Waals surface area (Å²) in [6.45, 7) is 6.66. The summed E-state index contributed by atoms with van der Waals surface area (Å²) in [6.07, 6.45) is 1.19. The van der Waals surface area contributed by atoms with Gasteiger partial charge in [0.25, 0.3) is 0 Å². The lowest BCUT2D eigenvalue weighted by molar-refractivity contribution is -0.130. The molecule has 2 aromatic rings. The van der Waals surface area contributed by atoms with Crippen LogP contribution in [0.5, 0.6) is 0 Å². The molecule has 8 heteroatoms. The molecule has 3 rings (SSSR count). The molecule has 1 saturated heterocycles. The quantitative estimate of drug-likeness (QED) is 0.754. The van der Waals surface area contributed by atoms with E-state index < -0.39 is 0 Å². The van der Waals surface area contributed by atoms with Crippen molar-refractivity contribution >= 4 is 34.1 Å². The first-order chi connectivity index (χ1) is 12.5. The number of anilines is 1. The van der Waals surface area contributed by atoms with Crippen molar-refractivity contribution in [2.75, 3.05) is 24.2 Å². The highest BCUT2D eigenvalue weighted by Crippen LogP contribution is 2.27. The maximum Gasteiger partial charge on any atom is 0.233 e. The molecule has 1 aromatic carbocycles. The normalized spacial score (nSPS) is 20.2. The second kappa shape index (κ2) is 8.81. The number of rotatable bonds is 6. The summed E-state index contributed by atoms with van der Waals surface area (Å²) < 4.78 is 13.7. The van der Waals surface area contributed by atoms with E-state index in [-0.39, 0.29) is 11.7 Å². The summed E-state index contributed by atoms with van der Waals surface area (Å²) in [4.78, 5) is 14.4. The van der Waals surface area contributed by atoms with Gasteiger partial charge in [-0.2, -0.15) is 0 Å². The van der Waals surface area contributed by atoms with Crippen LogP contribution < -0.4 is 5.32 Å². The first-order valence-electron chi connectivity index (χ1n) is 8.72. The van der Waals surface area contributed by atoms with Crippen molar-refractivity contribution in [2.24, 2.45) is 11.8 Å². The topological polar surface area (TPSA) is 58.1 Å². The maximum atomic E-state index is 12.9. The molecule has 140 valence electrons. The minimum atomic E-state index is -0.245. The lowest BCUT2D eigenvalue weighted by Crippen LogP contribution is -2.43. The minimum absolute atomic E-state index is 0.171. The molecule has 1 aliphatic rings. The van der Waals surface area contributed by atoms with Crippen molar-refractivity contribution in [3.05, 3.63) is 35.6 Å². The number of amides is 1. The SMILES string of the molecule is CC1CC(C)CN(C(=O)CSc2nnc(NCc3ccc(F)cc3)s2)C1. The van der Waals surface area contributed by atoms with Gasteiger partial charge in [0.15, 0.2) is 4.34 Å². The average molecular weight is 395 g/mol. The van der Waals surface area contributed by atoms with Gasteiger partial charge in [-0.15, -0.1) is 10.2 Å². The van der Waals surface area contributed by atoms with Crippen LogP contribution >= 0.6 is 23.1 Å². The van der Waals surface area contributed by atoms with Gasteiger partial charge in [-0.3, -0.25) is 4.79 Å². The third-order valence-corrected chi connectivity index (χ3v) is 6.30. The molecular formula is C18H23FN4OS2. The van der Waals surface area contributed by atoms with Crippen molar-refractivity contribution in [1.82, 2.24) is 15.1 Å². The molecule has 0 bridgehead atoms. The van der Waals surface area contributed by atoms with Crippen molar-refractivity contribution in [3.63, 3.8) is 0 Å². The fourth-order valence-corrected chi connectivity index (χ4v) is 4.85. The number of halogens is 1. The Balaban J connectivity index is 1.46. The van der Waals surface area contributed by atoms with E-state index in [1.54, 1.807) is 12.1 Å². The van der Waals surface area contributed by atoms with E-state index in [4.69, 9.17) is 0 Å². The summed E-state index contributed by atoms with van der Waals surface area (Å²) in [5, 5.41) is 12.1. The third-order valence-electron chi connectivity index (χ3n) is 4.30. The monoisotopic (exact) mass is 394 g/mol. The predicted molar refractivity (Wildman–Crippen MR) is 104 cm³/mol. The Morgan fingerprint density at radius 1 is 1.27 bits per heavy atom. The number of aromatic nitrogens is 2. The van der Waals surface area contributed by atoms with Crippen LogP contribution in [0.15, 0.2) is 28.6 Å². The number of nitrogens with zero attached hydrogens (tertiary/aromatic N) is 3. The van der Waals surface area contributed by atoms with E-state index >= 15 is 0 Å². The molecule has 26 heavy (non-hydrogen) atoms. The van der Waals surface area contributed by atoms with E-state index in [1.165, 1.54) is 41.7 Å². The second-order valence-electron chi connectivity index (χ2n) is 6.89. The number of piperidine rings is 1. The van der Waals surface area contributed by atoms with Crippen molar-refractivity contribution < 1.29 is 9.18 Å². The van der Waals surface area contributed by atoms with Gasteiger partial charge in [-0.1, -0.05) is 49.1 Å². The van der Waals surface area contributed by atoms with E-state index in [9.17, 15) is 9.18 Å². The van der Waals surface area contributed by atoms with Crippen LogP contribution in [-0.2, 0) is 11.3 Å². The van der Waals surface area contributed by atoms with Crippen LogP contribution in [-0.4, -0.2) is 39.8 Å². The third kappa shape index (κ3) is 5.41. The molecule has 1 fully saturated rings. The molecule has 1 amide bonds. The number of benzene rings is 1. The fraction of sp³-hybridized carbons (Fsp3) is 0.500. The molecule has 0 aliphatic carbocycles. The van der Waals surface area contributed by atoms with Crippen molar-refractivity contribution in [1.29, 1.82) is 0 Å².